The van der Waals surface area contributed by atoms with Crippen molar-refractivity contribution in [2.45, 2.75) is 5.22 Å². The lowest BCUT2D eigenvalue weighted by molar-refractivity contribution is -0.113. The number of carbonyl (C=O) groups excluding carboxylic acids is 1. The van der Waals surface area contributed by atoms with E-state index in [1.807, 2.05) is 60.7 Å². The maximum atomic E-state index is 12.7. The van der Waals surface area contributed by atoms with Crippen molar-refractivity contribution in [1.29, 1.82) is 0 Å². The lowest BCUT2D eigenvalue weighted by Gasteiger charge is -2.14. The fraction of sp³-hybridized carbons (Fsp3) is 0.154. The molecule has 7 nitrogen and oxygen atoms in total. The average Bonchev–Trinajstić information content (AvgIpc) is 3.32. The Morgan fingerprint density at radius 3 is 2.03 bits per heavy atom. The molecule has 0 aliphatic rings. The fourth-order valence-electron chi connectivity index (χ4n) is 3.42. The molecule has 174 valence electrons. The van der Waals surface area contributed by atoms with Crippen LogP contribution in [0.3, 0.4) is 0 Å². The molecule has 0 radical (unpaired) electrons. The van der Waals surface area contributed by atoms with Crippen LogP contribution >= 0.6 is 11.8 Å². The van der Waals surface area contributed by atoms with Gasteiger partial charge in [0.25, 0.3) is 5.22 Å². The van der Waals surface area contributed by atoms with Gasteiger partial charge in [0.05, 0.1) is 27.1 Å². The van der Waals surface area contributed by atoms with E-state index >= 15 is 0 Å². The summed E-state index contributed by atoms with van der Waals surface area (Å²) >= 11 is 1.22. The lowest BCUT2D eigenvalue weighted by atomic mass is 10.1. The van der Waals surface area contributed by atoms with Crippen molar-refractivity contribution in [3.05, 3.63) is 72.8 Å². The van der Waals surface area contributed by atoms with Crippen LogP contribution in [-0.2, 0) is 4.79 Å². The number of anilines is 1. The van der Waals surface area contributed by atoms with E-state index in [2.05, 4.69) is 10.3 Å². The molecule has 0 unspecified atom stereocenters. The Morgan fingerprint density at radius 1 is 0.882 bits per heavy atom. The number of oxazole rings is 1. The number of ether oxygens (including phenoxy) is 3. The minimum absolute atomic E-state index is 0.111. The van der Waals surface area contributed by atoms with Gasteiger partial charge in [-0.15, -0.1) is 0 Å². The largest absolute Gasteiger partial charge is 0.493 e. The fourth-order valence-corrected chi connectivity index (χ4v) is 4.04. The Labute approximate surface area is 202 Å². The number of thioether (sulfide) groups is 1. The Kier molecular flexibility index (Phi) is 7.39. The SMILES string of the molecule is COc1cc(NC(=O)CSc2nc(-c3ccccc3)c(-c3ccccc3)o2)cc(OC)c1OC. The van der Waals surface area contributed by atoms with Crippen LogP contribution in [0.15, 0.2) is 82.4 Å². The van der Waals surface area contributed by atoms with Crippen LogP contribution in [0.2, 0.25) is 0 Å². The van der Waals surface area contributed by atoms with E-state index < -0.39 is 0 Å². The molecule has 0 atom stereocenters. The predicted octanol–water partition coefficient (Wildman–Crippen LogP) is 5.77. The lowest BCUT2D eigenvalue weighted by Crippen LogP contribution is -2.14. The summed E-state index contributed by atoms with van der Waals surface area (Å²) in [5.41, 5.74) is 3.13. The summed E-state index contributed by atoms with van der Waals surface area (Å²) in [5.74, 6) is 1.92. The number of hydrogen-bond donors (Lipinski definition) is 1. The third kappa shape index (κ3) is 5.18. The van der Waals surface area contributed by atoms with Crippen LogP contribution in [0, 0.1) is 0 Å². The van der Waals surface area contributed by atoms with E-state index in [0.717, 1.165) is 16.8 Å². The number of methoxy groups -OCH3 is 3. The van der Waals surface area contributed by atoms with Crippen molar-refractivity contribution >= 4 is 23.4 Å². The monoisotopic (exact) mass is 476 g/mol. The van der Waals surface area contributed by atoms with Crippen molar-refractivity contribution in [1.82, 2.24) is 4.98 Å². The molecular formula is C26H24N2O5S. The molecule has 0 fully saturated rings. The molecule has 1 aromatic heterocycles. The van der Waals surface area contributed by atoms with Crippen molar-refractivity contribution in [2.24, 2.45) is 0 Å². The first-order chi connectivity index (χ1) is 16.6. The summed E-state index contributed by atoms with van der Waals surface area (Å²) in [5, 5.41) is 3.27. The number of aromatic nitrogens is 1. The average molecular weight is 477 g/mol. The van der Waals surface area contributed by atoms with Gasteiger partial charge in [0.15, 0.2) is 17.3 Å². The Hall–Kier alpha value is -3.91. The molecule has 1 N–H and O–H groups in total. The minimum Gasteiger partial charge on any atom is -0.493 e. The van der Waals surface area contributed by atoms with Crippen LogP contribution < -0.4 is 19.5 Å². The quantitative estimate of drug-likeness (QED) is 0.307. The zero-order chi connectivity index (χ0) is 23.9. The Balaban J connectivity index is 1.52. The normalized spacial score (nSPS) is 10.6. The second kappa shape index (κ2) is 10.8. The highest BCUT2D eigenvalue weighted by molar-refractivity contribution is 7.99. The molecule has 0 aliphatic carbocycles. The number of benzene rings is 3. The van der Waals surface area contributed by atoms with Gasteiger partial charge in [-0.2, -0.15) is 0 Å². The number of nitrogens with zero attached hydrogens (tertiary/aromatic N) is 1. The van der Waals surface area contributed by atoms with Gasteiger partial charge >= 0.3 is 0 Å². The number of carbonyl (C=O) groups is 1. The van der Waals surface area contributed by atoms with E-state index in [1.165, 1.54) is 33.1 Å². The molecule has 0 saturated carbocycles. The van der Waals surface area contributed by atoms with E-state index in [1.54, 1.807) is 12.1 Å². The molecule has 0 spiro atoms. The second-order valence-electron chi connectivity index (χ2n) is 7.14. The number of amides is 1. The third-order valence-electron chi connectivity index (χ3n) is 4.97. The first kappa shape index (κ1) is 23.3. The molecular weight excluding hydrogens is 452 g/mol. The van der Waals surface area contributed by atoms with Gasteiger partial charge < -0.3 is 23.9 Å². The van der Waals surface area contributed by atoms with Crippen molar-refractivity contribution < 1.29 is 23.4 Å². The Bertz CT molecular complexity index is 1180. The van der Waals surface area contributed by atoms with E-state index in [-0.39, 0.29) is 11.7 Å². The topological polar surface area (TPSA) is 82.8 Å². The second-order valence-corrected chi connectivity index (χ2v) is 8.07. The van der Waals surface area contributed by atoms with Crippen molar-refractivity contribution in [2.75, 3.05) is 32.4 Å². The van der Waals surface area contributed by atoms with E-state index in [9.17, 15) is 4.79 Å². The zero-order valence-electron chi connectivity index (χ0n) is 19.0. The van der Waals surface area contributed by atoms with Crippen LogP contribution in [0.4, 0.5) is 5.69 Å². The maximum absolute atomic E-state index is 12.7. The third-order valence-corrected chi connectivity index (χ3v) is 5.79. The summed E-state index contributed by atoms with van der Waals surface area (Å²) < 4.78 is 22.1. The van der Waals surface area contributed by atoms with Crippen LogP contribution in [0.5, 0.6) is 17.2 Å². The highest BCUT2D eigenvalue weighted by Crippen LogP contribution is 2.40. The van der Waals surface area contributed by atoms with E-state index in [0.29, 0.717) is 33.9 Å². The molecule has 4 rings (SSSR count). The number of hydrogen-bond acceptors (Lipinski definition) is 7. The summed E-state index contributed by atoms with van der Waals surface area (Å²) in [4.78, 5) is 17.3. The van der Waals surface area contributed by atoms with Crippen LogP contribution in [-0.4, -0.2) is 38.0 Å². The van der Waals surface area contributed by atoms with Crippen LogP contribution in [0.25, 0.3) is 22.6 Å². The molecule has 1 heterocycles. The summed E-state index contributed by atoms with van der Waals surface area (Å²) in [6.45, 7) is 0. The van der Waals surface area contributed by atoms with Crippen molar-refractivity contribution in [3.63, 3.8) is 0 Å². The number of nitrogens with one attached hydrogen (secondary N) is 1. The molecule has 4 aromatic rings. The molecule has 0 aliphatic heterocycles. The van der Waals surface area contributed by atoms with Crippen LogP contribution in [0.1, 0.15) is 0 Å². The summed E-state index contributed by atoms with van der Waals surface area (Å²) in [6, 6.07) is 23.0. The molecule has 34 heavy (non-hydrogen) atoms. The smallest absolute Gasteiger partial charge is 0.257 e. The highest BCUT2D eigenvalue weighted by Gasteiger charge is 2.19. The molecule has 1 amide bonds. The van der Waals surface area contributed by atoms with Gasteiger partial charge in [-0.25, -0.2) is 4.98 Å². The first-order valence-electron chi connectivity index (χ1n) is 10.5. The van der Waals surface area contributed by atoms with Gasteiger partial charge in [0.1, 0.15) is 5.69 Å². The Morgan fingerprint density at radius 2 is 1.47 bits per heavy atom. The summed E-state index contributed by atoms with van der Waals surface area (Å²) in [7, 11) is 4.57. The minimum atomic E-state index is -0.222. The highest BCUT2D eigenvalue weighted by atomic mass is 32.2. The molecule has 3 aromatic carbocycles. The zero-order valence-corrected chi connectivity index (χ0v) is 19.8. The maximum Gasteiger partial charge on any atom is 0.257 e. The van der Waals surface area contributed by atoms with Gasteiger partial charge in [-0.3, -0.25) is 4.79 Å². The van der Waals surface area contributed by atoms with Gasteiger partial charge in [0.2, 0.25) is 11.7 Å². The number of rotatable bonds is 9. The molecule has 0 bridgehead atoms. The standard InChI is InChI=1S/C26H24N2O5S/c1-30-20-14-19(15-21(31-2)25(20)32-3)27-22(29)16-34-26-28-23(17-10-6-4-7-11-17)24(33-26)18-12-8-5-9-13-18/h4-15H,16H2,1-3H3,(H,27,29). The van der Waals surface area contributed by atoms with E-state index in [4.69, 9.17) is 18.6 Å². The molecule has 8 heteroatoms. The van der Waals surface area contributed by atoms with Gasteiger partial charge in [0, 0.05) is 28.9 Å². The molecule has 0 saturated heterocycles. The predicted molar refractivity (Wildman–Crippen MR) is 133 cm³/mol. The summed E-state index contributed by atoms with van der Waals surface area (Å²) in [6.07, 6.45) is 0. The van der Waals surface area contributed by atoms with Gasteiger partial charge in [-0.05, 0) is 0 Å². The van der Waals surface area contributed by atoms with Crippen molar-refractivity contribution in [3.8, 4) is 39.8 Å². The van der Waals surface area contributed by atoms with Gasteiger partial charge in [-0.1, -0.05) is 72.4 Å². The first-order valence-corrected chi connectivity index (χ1v) is 11.5.